The Balaban J connectivity index is 1.81. The van der Waals surface area contributed by atoms with Crippen LogP contribution in [-0.2, 0) is 16.1 Å². The van der Waals surface area contributed by atoms with Gasteiger partial charge in [0.05, 0.1) is 0 Å². The van der Waals surface area contributed by atoms with E-state index >= 15 is 0 Å². The number of amides is 2. The van der Waals surface area contributed by atoms with Crippen LogP contribution in [0.5, 0.6) is 5.75 Å². The Morgan fingerprint density at radius 1 is 0.968 bits per heavy atom. The average Bonchev–Trinajstić information content (AvgIpc) is 2.78. The van der Waals surface area contributed by atoms with Crippen molar-refractivity contribution in [3.05, 3.63) is 77.9 Å². The summed E-state index contributed by atoms with van der Waals surface area (Å²) < 4.78 is 5.93. The number of rotatable bonds is 9. The highest BCUT2D eigenvalue weighted by Gasteiger charge is 2.28. The van der Waals surface area contributed by atoms with E-state index in [1.165, 1.54) is 0 Å². The van der Waals surface area contributed by atoms with Crippen molar-refractivity contribution < 1.29 is 14.3 Å². The molecule has 0 bridgehead atoms. The van der Waals surface area contributed by atoms with E-state index in [9.17, 15) is 9.59 Å². The SMILES string of the molecule is CCNC(=O)C(CC)N(Cc1ccc(C)cc1)C(=O)COc1cccc2ccccc12. The second kappa shape index (κ2) is 10.6. The van der Waals surface area contributed by atoms with E-state index in [1.54, 1.807) is 4.90 Å². The molecule has 2 amide bonds. The van der Waals surface area contributed by atoms with Gasteiger partial charge in [-0.1, -0.05) is 73.2 Å². The normalized spacial score (nSPS) is 11.7. The van der Waals surface area contributed by atoms with Crippen LogP contribution in [0, 0.1) is 6.92 Å². The summed E-state index contributed by atoms with van der Waals surface area (Å²) in [6, 6.07) is 21.1. The molecule has 5 nitrogen and oxygen atoms in total. The number of carbonyl (C=O) groups is 2. The van der Waals surface area contributed by atoms with E-state index in [4.69, 9.17) is 4.74 Å². The maximum Gasteiger partial charge on any atom is 0.261 e. The van der Waals surface area contributed by atoms with Gasteiger partial charge in [-0.25, -0.2) is 0 Å². The monoisotopic (exact) mass is 418 g/mol. The molecule has 31 heavy (non-hydrogen) atoms. The molecule has 0 heterocycles. The molecule has 1 atom stereocenters. The molecule has 3 aromatic carbocycles. The van der Waals surface area contributed by atoms with Crippen LogP contribution in [0.25, 0.3) is 10.8 Å². The molecule has 0 saturated carbocycles. The number of hydrogen-bond acceptors (Lipinski definition) is 3. The van der Waals surface area contributed by atoms with Crippen LogP contribution in [-0.4, -0.2) is 35.9 Å². The van der Waals surface area contributed by atoms with Gasteiger partial charge in [0.2, 0.25) is 5.91 Å². The number of benzene rings is 3. The van der Waals surface area contributed by atoms with Crippen molar-refractivity contribution in [3.8, 4) is 5.75 Å². The Kier molecular flexibility index (Phi) is 7.65. The van der Waals surface area contributed by atoms with Crippen molar-refractivity contribution in [1.29, 1.82) is 0 Å². The van der Waals surface area contributed by atoms with E-state index in [0.29, 0.717) is 25.3 Å². The molecule has 0 spiro atoms. The lowest BCUT2D eigenvalue weighted by Crippen LogP contribution is -2.50. The van der Waals surface area contributed by atoms with E-state index in [-0.39, 0.29) is 18.4 Å². The summed E-state index contributed by atoms with van der Waals surface area (Å²) in [6.07, 6.45) is 0.525. The summed E-state index contributed by atoms with van der Waals surface area (Å²) in [6.45, 7) is 6.56. The van der Waals surface area contributed by atoms with Gasteiger partial charge in [-0.15, -0.1) is 0 Å². The molecule has 3 aromatic rings. The predicted molar refractivity (Wildman–Crippen MR) is 124 cm³/mol. The number of fused-ring (bicyclic) bond motifs is 1. The molecule has 0 aliphatic heterocycles. The number of nitrogens with zero attached hydrogens (tertiary/aromatic N) is 1. The third-order valence-electron chi connectivity index (χ3n) is 5.31. The third kappa shape index (κ3) is 5.63. The van der Waals surface area contributed by atoms with Gasteiger partial charge in [0.1, 0.15) is 11.8 Å². The number of carbonyl (C=O) groups excluding carboxylic acids is 2. The van der Waals surface area contributed by atoms with Crippen LogP contribution in [0.4, 0.5) is 0 Å². The molecular weight excluding hydrogens is 388 g/mol. The van der Waals surface area contributed by atoms with Gasteiger partial charge < -0.3 is 15.0 Å². The zero-order valence-corrected chi connectivity index (χ0v) is 18.4. The fraction of sp³-hybridized carbons (Fsp3) is 0.308. The molecule has 0 radical (unpaired) electrons. The molecule has 0 fully saturated rings. The lowest BCUT2D eigenvalue weighted by Gasteiger charge is -2.30. The summed E-state index contributed by atoms with van der Waals surface area (Å²) in [4.78, 5) is 27.5. The van der Waals surface area contributed by atoms with Crippen molar-refractivity contribution >= 4 is 22.6 Å². The van der Waals surface area contributed by atoms with E-state index in [0.717, 1.165) is 21.9 Å². The van der Waals surface area contributed by atoms with Gasteiger partial charge >= 0.3 is 0 Å². The number of ether oxygens (including phenoxy) is 1. The van der Waals surface area contributed by atoms with Crippen molar-refractivity contribution in [2.24, 2.45) is 0 Å². The number of nitrogens with one attached hydrogen (secondary N) is 1. The first-order chi connectivity index (χ1) is 15.0. The van der Waals surface area contributed by atoms with Crippen LogP contribution in [0.3, 0.4) is 0 Å². The molecule has 0 aliphatic rings. The first-order valence-corrected chi connectivity index (χ1v) is 10.8. The maximum absolute atomic E-state index is 13.3. The second-order valence-corrected chi connectivity index (χ2v) is 7.59. The Labute approximate surface area is 184 Å². The molecule has 1 N–H and O–H groups in total. The van der Waals surface area contributed by atoms with Crippen LogP contribution >= 0.6 is 0 Å². The highest BCUT2D eigenvalue weighted by atomic mass is 16.5. The molecule has 3 rings (SSSR count). The second-order valence-electron chi connectivity index (χ2n) is 7.59. The minimum Gasteiger partial charge on any atom is -0.483 e. The molecule has 1 unspecified atom stereocenters. The summed E-state index contributed by atoms with van der Waals surface area (Å²) in [5.41, 5.74) is 2.13. The number of aryl methyl sites for hydroxylation is 1. The summed E-state index contributed by atoms with van der Waals surface area (Å²) in [5, 5.41) is 4.86. The first kappa shape index (κ1) is 22.3. The molecule has 0 aliphatic carbocycles. The highest BCUT2D eigenvalue weighted by molar-refractivity contribution is 5.90. The Morgan fingerprint density at radius 3 is 2.39 bits per heavy atom. The molecule has 5 heteroatoms. The topological polar surface area (TPSA) is 58.6 Å². The quantitative estimate of drug-likeness (QED) is 0.558. The molecular formula is C26H30N2O3. The van der Waals surface area contributed by atoms with Crippen molar-refractivity contribution in [3.63, 3.8) is 0 Å². The maximum atomic E-state index is 13.3. The third-order valence-corrected chi connectivity index (χ3v) is 5.31. The summed E-state index contributed by atoms with van der Waals surface area (Å²) >= 11 is 0. The lowest BCUT2D eigenvalue weighted by atomic mass is 10.1. The zero-order chi connectivity index (χ0) is 22.2. The van der Waals surface area contributed by atoms with Crippen LogP contribution in [0.2, 0.25) is 0 Å². The summed E-state index contributed by atoms with van der Waals surface area (Å²) in [5.74, 6) is 0.301. The Bertz CT molecular complexity index is 1030. The smallest absolute Gasteiger partial charge is 0.261 e. The summed E-state index contributed by atoms with van der Waals surface area (Å²) in [7, 11) is 0. The highest BCUT2D eigenvalue weighted by Crippen LogP contribution is 2.25. The minimum absolute atomic E-state index is 0.129. The van der Waals surface area contributed by atoms with Crippen LogP contribution in [0.15, 0.2) is 66.7 Å². The van der Waals surface area contributed by atoms with Gasteiger partial charge in [-0.2, -0.15) is 0 Å². The van der Waals surface area contributed by atoms with Crippen LogP contribution < -0.4 is 10.1 Å². The van der Waals surface area contributed by atoms with Crippen molar-refractivity contribution in [1.82, 2.24) is 10.2 Å². The average molecular weight is 419 g/mol. The zero-order valence-electron chi connectivity index (χ0n) is 18.4. The number of hydrogen-bond donors (Lipinski definition) is 1. The van der Waals surface area contributed by atoms with Gasteiger partial charge in [-0.05, 0) is 37.3 Å². The largest absolute Gasteiger partial charge is 0.483 e. The lowest BCUT2D eigenvalue weighted by molar-refractivity contribution is -0.142. The van der Waals surface area contributed by atoms with E-state index in [2.05, 4.69) is 5.32 Å². The van der Waals surface area contributed by atoms with Crippen molar-refractivity contribution in [2.45, 2.75) is 39.8 Å². The van der Waals surface area contributed by atoms with E-state index in [1.807, 2.05) is 87.5 Å². The minimum atomic E-state index is -0.551. The fourth-order valence-corrected chi connectivity index (χ4v) is 3.65. The Hall–Kier alpha value is -3.34. The van der Waals surface area contributed by atoms with Gasteiger partial charge in [-0.3, -0.25) is 9.59 Å². The molecule has 162 valence electrons. The molecule has 0 saturated heterocycles. The van der Waals surface area contributed by atoms with Gasteiger partial charge in [0.15, 0.2) is 6.61 Å². The fourth-order valence-electron chi connectivity index (χ4n) is 3.65. The van der Waals surface area contributed by atoms with Crippen LogP contribution in [0.1, 0.15) is 31.4 Å². The first-order valence-electron chi connectivity index (χ1n) is 10.8. The molecule has 0 aromatic heterocycles. The standard InChI is InChI=1S/C26H30N2O3/c1-4-23(26(30)27-5-2)28(17-20-15-13-19(3)14-16-20)25(29)18-31-24-12-8-10-21-9-6-7-11-22(21)24/h6-16,23H,4-5,17-18H2,1-3H3,(H,27,30). The van der Waals surface area contributed by atoms with E-state index < -0.39 is 6.04 Å². The number of likely N-dealkylation sites (N-methyl/N-ethyl adjacent to an activating group) is 1. The Morgan fingerprint density at radius 2 is 1.68 bits per heavy atom. The van der Waals surface area contributed by atoms with Gasteiger partial charge in [0, 0.05) is 18.5 Å². The van der Waals surface area contributed by atoms with Gasteiger partial charge in [0.25, 0.3) is 5.91 Å². The predicted octanol–water partition coefficient (Wildman–Crippen LogP) is 4.47. The van der Waals surface area contributed by atoms with Crippen molar-refractivity contribution in [2.75, 3.05) is 13.2 Å².